The lowest BCUT2D eigenvalue weighted by Crippen LogP contribution is -2.41. The number of ether oxygens (including phenoxy) is 2. The zero-order chi connectivity index (χ0) is 15.4. The summed E-state index contributed by atoms with van der Waals surface area (Å²) in [6.07, 6.45) is 0.673. The largest absolute Gasteiger partial charge is 0.493 e. The molecular formula is C15H23N3O3. The van der Waals surface area contributed by atoms with E-state index in [0.717, 1.165) is 5.56 Å². The third kappa shape index (κ3) is 3.28. The molecule has 2 rings (SSSR count). The Kier molecular flexibility index (Phi) is 5.03. The third-order valence-corrected chi connectivity index (χ3v) is 3.84. The van der Waals surface area contributed by atoms with Crippen LogP contribution in [0.25, 0.3) is 0 Å². The Morgan fingerprint density at radius 1 is 1.43 bits per heavy atom. The second-order valence-corrected chi connectivity index (χ2v) is 5.21. The van der Waals surface area contributed by atoms with Gasteiger partial charge in [-0.3, -0.25) is 9.69 Å². The van der Waals surface area contributed by atoms with Crippen molar-refractivity contribution in [2.75, 3.05) is 27.8 Å². The van der Waals surface area contributed by atoms with E-state index in [1.807, 2.05) is 18.2 Å². The van der Waals surface area contributed by atoms with Crippen molar-refractivity contribution in [1.29, 1.82) is 0 Å². The SMILES string of the molecule is CNC(=O)[C@@H]1C[C@H](N)CN1Cc1cccc(OC)c1OC. The molecule has 1 aliphatic heterocycles. The number of methoxy groups -OCH3 is 2. The molecule has 0 unspecified atom stereocenters. The van der Waals surface area contributed by atoms with Crippen LogP contribution in [0.4, 0.5) is 0 Å². The number of nitrogens with two attached hydrogens (primary N) is 1. The number of para-hydroxylation sites is 1. The molecule has 1 aliphatic rings. The minimum absolute atomic E-state index is 0.00446. The van der Waals surface area contributed by atoms with Crippen LogP contribution in [0.1, 0.15) is 12.0 Å². The highest BCUT2D eigenvalue weighted by molar-refractivity contribution is 5.81. The molecule has 1 saturated heterocycles. The average molecular weight is 293 g/mol. The summed E-state index contributed by atoms with van der Waals surface area (Å²) in [5.41, 5.74) is 7.00. The summed E-state index contributed by atoms with van der Waals surface area (Å²) < 4.78 is 10.8. The Labute approximate surface area is 125 Å². The number of hydrogen-bond donors (Lipinski definition) is 2. The fourth-order valence-corrected chi connectivity index (χ4v) is 2.85. The summed E-state index contributed by atoms with van der Waals surface area (Å²) in [5.74, 6) is 1.40. The van der Waals surface area contributed by atoms with Gasteiger partial charge in [0.15, 0.2) is 11.5 Å². The standard InChI is InChI=1S/C15H23N3O3/c1-17-15(19)12-7-11(16)9-18(12)8-10-5-4-6-13(20-2)14(10)21-3/h4-6,11-12H,7-9,16H2,1-3H3,(H,17,19)/t11-,12-/m0/s1. The second kappa shape index (κ2) is 6.78. The van der Waals surface area contributed by atoms with Gasteiger partial charge < -0.3 is 20.5 Å². The van der Waals surface area contributed by atoms with Gasteiger partial charge in [0.1, 0.15) is 0 Å². The molecule has 6 nitrogen and oxygen atoms in total. The molecule has 1 fully saturated rings. The van der Waals surface area contributed by atoms with Crippen molar-refractivity contribution in [1.82, 2.24) is 10.2 Å². The summed E-state index contributed by atoms with van der Waals surface area (Å²) in [4.78, 5) is 14.1. The van der Waals surface area contributed by atoms with Crippen LogP contribution < -0.4 is 20.5 Å². The normalized spacial score (nSPS) is 22.1. The van der Waals surface area contributed by atoms with Crippen LogP contribution in [0.5, 0.6) is 11.5 Å². The van der Waals surface area contributed by atoms with Gasteiger partial charge >= 0.3 is 0 Å². The highest BCUT2D eigenvalue weighted by Crippen LogP contribution is 2.32. The van der Waals surface area contributed by atoms with Crippen LogP contribution in [0, 0.1) is 0 Å². The second-order valence-electron chi connectivity index (χ2n) is 5.21. The van der Waals surface area contributed by atoms with Crippen LogP contribution in [0.2, 0.25) is 0 Å². The zero-order valence-corrected chi connectivity index (χ0v) is 12.8. The number of likely N-dealkylation sites (N-methyl/N-ethyl adjacent to an activating group) is 1. The molecule has 0 aromatic heterocycles. The molecule has 0 aliphatic carbocycles. The molecule has 0 bridgehead atoms. The number of amides is 1. The van der Waals surface area contributed by atoms with Gasteiger partial charge in [0, 0.05) is 31.7 Å². The van der Waals surface area contributed by atoms with E-state index in [1.165, 1.54) is 0 Å². The summed E-state index contributed by atoms with van der Waals surface area (Å²) in [6.45, 7) is 1.30. The van der Waals surface area contributed by atoms with Gasteiger partial charge in [-0.25, -0.2) is 0 Å². The minimum atomic E-state index is -0.194. The van der Waals surface area contributed by atoms with Crippen LogP contribution in [-0.4, -0.2) is 50.7 Å². The molecule has 2 atom stereocenters. The number of hydrogen-bond acceptors (Lipinski definition) is 5. The summed E-state index contributed by atoms with van der Waals surface area (Å²) in [6, 6.07) is 5.58. The molecule has 0 spiro atoms. The maximum absolute atomic E-state index is 12.0. The van der Waals surface area contributed by atoms with Crippen molar-refractivity contribution < 1.29 is 14.3 Å². The molecule has 1 aromatic carbocycles. The zero-order valence-electron chi connectivity index (χ0n) is 12.8. The Balaban J connectivity index is 2.22. The molecule has 21 heavy (non-hydrogen) atoms. The maximum atomic E-state index is 12.0. The van der Waals surface area contributed by atoms with Gasteiger partial charge in [0.05, 0.1) is 20.3 Å². The molecule has 116 valence electrons. The highest BCUT2D eigenvalue weighted by atomic mass is 16.5. The molecule has 1 heterocycles. The quantitative estimate of drug-likeness (QED) is 0.819. The third-order valence-electron chi connectivity index (χ3n) is 3.84. The van der Waals surface area contributed by atoms with E-state index in [9.17, 15) is 4.79 Å². The van der Waals surface area contributed by atoms with E-state index < -0.39 is 0 Å². The lowest BCUT2D eigenvalue weighted by molar-refractivity contribution is -0.125. The van der Waals surface area contributed by atoms with Crippen molar-refractivity contribution in [2.45, 2.75) is 25.0 Å². The van der Waals surface area contributed by atoms with Gasteiger partial charge in [-0.15, -0.1) is 0 Å². The highest BCUT2D eigenvalue weighted by Gasteiger charge is 2.35. The van der Waals surface area contributed by atoms with E-state index in [2.05, 4.69) is 10.2 Å². The van der Waals surface area contributed by atoms with E-state index >= 15 is 0 Å². The van der Waals surface area contributed by atoms with Crippen molar-refractivity contribution in [3.8, 4) is 11.5 Å². The van der Waals surface area contributed by atoms with Gasteiger partial charge in [-0.05, 0) is 12.5 Å². The summed E-state index contributed by atoms with van der Waals surface area (Å²) in [7, 11) is 4.88. The number of nitrogens with zero attached hydrogens (tertiary/aromatic N) is 1. The molecule has 1 aromatic rings. The lowest BCUT2D eigenvalue weighted by atomic mass is 10.1. The predicted octanol–water partition coefficient (Wildman–Crippen LogP) is 0.351. The first-order valence-corrected chi connectivity index (χ1v) is 7.01. The first kappa shape index (κ1) is 15.6. The van der Waals surface area contributed by atoms with E-state index in [-0.39, 0.29) is 18.0 Å². The number of carbonyl (C=O) groups is 1. The number of rotatable bonds is 5. The summed E-state index contributed by atoms with van der Waals surface area (Å²) >= 11 is 0. The summed E-state index contributed by atoms with van der Waals surface area (Å²) in [5, 5.41) is 2.70. The lowest BCUT2D eigenvalue weighted by Gasteiger charge is -2.24. The Morgan fingerprint density at radius 2 is 2.19 bits per heavy atom. The van der Waals surface area contributed by atoms with Crippen molar-refractivity contribution in [3.63, 3.8) is 0 Å². The van der Waals surface area contributed by atoms with Gasteiger partial charge in [0.25, 0.3) is 0 Å². The fraction of sp³-hybridized carbons (Fsp3) is 0.533. The van der Waals surface area contributed by atoms with E-state index in [4.69, 9.17) is 15.2 Å². The maximum Gasteiger partial charge on any atom is 0.237 e. The Morgan fingerprint density at radius 3 is 2.81 bits per heavy atom. The Hall–Kier alpha value is -1.79. The minimum Gasteiger partial charge on any atom is -0.493 e. The van der Waals surface area contributed by atoms with Crippen LogP contribution in [-0.2, 0) is 11.3 Å². The number of likely N-dealkylation sites (tertiary alicyclic amines) is 1. The van der Waals surface area contributed by atoms with Crippen molar-refractivity contribution in [3.05, 3.63) is 23.8 Å². The van der Waals surface area contributed by atoms with Crippen LogP contribution in [0.3, 0.4) is 0 Å². The number of carbonyl (C=O) groups excluding carboxylic acids is 1. The fourth-order valence-electron chi connectivity index (χ4n) is 2.85. The number of nitrogens with one attached hydrogen (secondary N) is 1. The van der Waals surface area contributed by atoms with E-state index in [0.29, 0.717) is 31.0 Å². The molecule has 1 amide bonds. The molecular weight excluding hydrogens is 270 g/mol. The topological polar surface area (TPSA) is 76.8 Å². The van der Waals surface area contributed by atoms with Crippen molar-refractivity contribution >= 4 is 5.91 Å². The molecule has 0 saturated carbocycles. The molecule has 6 heteroatoms. The first-order chi connectivity index (χ1) is 10.1. The van der Waals surface area contributed by atoms with Crippen LogP contribution in [0.15, 0.2) is 18.2 Å². The van der Waals surface area contributed by atoms with E-state index in [1.54, 1.807) is 21.3 Å². The smallest absolute Gasteiger partial charge is 0.237 e. The van der Waals surface area contributed by atoms with Gasteiger partial charge in [-0.1, -0.05) is 12.1 Å². The molecule has 3 N–H and O–H groups in total. The van der Waals surface area contributed by atoms with Gasteiger partial charge in [0.2, 0.25) is 5.91 Å². The first-order valence-electron chi connectivity index (χ1n) is 7.01. The van der Waals surface area contributed by atoms with Crippen LogP contribution >= 0.6 is 0 Å². The monoisotopic (exact) mass is 293 g/mol. The Bertz CT molecular complexity index is 507. The predicted molar refractivity (Wildman–Crippen MR) is 80.4 cm³/mol. The van der Waals surface area contributed by atoms with Gasteiger partial charge in [-0.2, -0.15) is 0 Å². The molecule has 0 radical (unpaired) electrons. The average Bonchev–Trinajstić information content (AvgIpc) is 2.86. The van der Waals surface area contributed by atoms with Crippen molar-refractivity contribution in [2.24, 2.45) is 5.73 Å². The number of benzene rings is 1.